The Kier molecular flexibility index (Phi) is 2.66. The molecule has 0 aromatic carbocycles. The van der Waals surface area contributed by atoms with Crippen LogP contribution in [0.3, 0.4) is 0 Å². The summed E-state index contributed by atoms with van der Waals surface area (Å²) in [6, 6.07) is 2.11. The minimum atomic E-state index is 0.448. The zero-order valence-corrected chi connectivity index (χ0v) is 8.24. The molecule has 0 bridgehead atoms. The quantitative estimate of drug-likeness (QED) is 0.663. The van der Waals surface area contributed by atoms with E-state index in [1.807, 2.05) is 6.20 Å². The molecule has 0 aliphatic carbocycles. The first-order valence-corrected chi connectivity index (χ1v) is 4.75. The fraction of sp³-hybridized carbons (Fsp3) is 0.667. The zero-order chi connectivity index (χ0) is 8.32. The highest BCUT2D eigenvalue weighted by Gasteiger charge is 2.09. The van der Waals surface area contributed by atoms with Gasteiger partial charge in [0.15, 0.2) is 0 Å². The van der Waals surface area contributed by atoms with Crippen LogP contribution in [0.1, 0.15) is 32.1 Å². The van der Waals surface area contributed by atoms with E-state index in [1.54, 1.807) is 11.5 Å². The van der Waals surface area contributed by atoms with E-state index in [1.165, 1.54) is 17.7 Å². The summed E-state index contributed by atoms with van der Waals surface area (Å²) in [5.74, 6) is 0. The van der Waals surface area contributed by atoms with E-state index in [0.29, 0.717) is 5.41 Å². The highest BCUT2D eigenvalue weighted by atomic mass is 32.1. The summed E-state index contributed by atoms with van der Waals surface area (Å²) in [5, 5.41) is 0. The lowest BCUT2D eigenvalue weighted by molar-refractivity contribution is 0.379. The summed E-state index contributed by atoms with van der Waals surface area (Å²) in [4.78, 5) is 1.40. The van der Waals surface area contributed by atoms with Gasteiger partial charge in [0.1, 0.15) is 0 Å². The van der Waals surface area contributed by atoms with Crippen molar-refractivity contribution < 1.29 is 0 Å². The minimum absolute atomic E-state index is 0.448. The first-order chi connectivity index (χ1) is 5.08. The maximum absolute atomic E-state index is 4.06. The maximum atomic E-state index is 4.06. The Labute approximate surface area is 72.6 Å². The third-order valence-corrected chi connectivity index (χ3v) is 2.41. The van der Waals surface area contributed by atoms with Gasteiger partial charge >= 0.3 is 0 Å². The molecule has 0 fully saturated rings. The van der Waals surface area contributed by atoms with Crippen molar-refractivity contribution in [1.82, 2.24) is 4.37 Å². The monoisotopic (exact) mass is 169 g/mol. The Hall–Kier alpha value is -0.370. The molecule has 0 unspecified atom stereocenters. The molecule has 1 heterocycles. The van der Waals surface area contributed by atoms with E-state index in [4.69, 9.17) is 0 Å². The van der Waals surface area contributed by atoms with E-state index in [0.717, 1.165) is 0 Å². The lowest BCUT2D eigenvalue weighted by Gasteiger charge is -2.16. The average Bonchev–Trinajstić information content (AvgIpc) is 2.32. The van der Waals surface area contributed by atoms with Crippen molar-refractivity contribution in [3.05, 3.63) is 17.1 Å². The van der Waals surface area contributed by atoms with Crippen LogP contribution in [0.4, 0.5) is 0 Å². The first-order valence-electron chi connectivity index (χ1n) is 3.97. The molecule has 1 aromatic rings. The molecule has 62 valence electrons. The standard InChI is InChI=1S/C9H15NS/c1-9(2,3)6-4-8-5-7-10-11-8/h5,7H,4,6H2,1-3H3. The van der Waals surface area contributed by atoms with Crippen LogP contribution < -0.4 is 0 Å². The second-order valence-corrected chi connectivity index (χ2v) is 4.96. The van der Waals surface area contributed by atoms with Gasteiger partial charge in [0.05, 0.1) is 0 Å². The first kappa shape index (κ1) is 8.72. The van der Waals surface area contributed by atoms with E-state index in [2.05, 4.69) is 31.2 Å². The number of aryl methyl sites for hydroxylation is 1. The van der Waals surface area contributed by atoms with Gasteiger partial charge in [-0.15, -0.1) is 0 Å². The largest absolute Gasteiger partial charge is 0.201 e. The average molecular weight is 169 g/mol. The predicted molar refractivity (Wildman–Crippen MR) is 49.9 cm³/mol. The molecule has 0 N–H and O–H groups in total. The zero-order valence-electron chi connectivity index (χ0n) is 7.42. The lowest BCUT2D eigenvalue weighted by Crippen LogP contribution is -2.05. The molecule has 0 atom stereocenters. The third-order valence-electron chi connectivity index (χ3n) is 1.61. The molecule has 2 heteroatoms. The van der Waals surface area contributed by atoms with Crippen LogP contribution >= 0.6 is 11.5 Å². The summed E-state index contributed by atoms with van der Waals surface area (Å²) >= 11 is 1.61. The molecule has 0 amide bonds. The van der Waals surface area contributed by atoms with E-state index in [9.17, 15) is 0 Å². The molecule has 1 aromatic heterocycles. The molecule has 0 spiro atoms. The smallest absolute Gasteiger partial charge is 0.0409 e. The molecular formula is C9H15NS. The second kappa shape index (κ2) is 3.35. The molecule has 0 aliphatic rings. The van der Waals surface area contributed by atoms with Gasteiger partial charge in [-0.2, -0.15) is 0 Å². The van der Waals surface area contributed by atoms with Crippen LogP contribution in [0.2, 0.25) is 0 Å². The Morgan fingerprint density at radius 3 is 2.64 bits per heavy atom. The minimum Gasteiger partial charge on any atom is -0.201 e. The van der Waals surface area contributed by atoms with Crippen LogP contribution in [0, 0.1) is 5.41 Å². The Morgan fingerprint density at radius 1 is 1.45 bits per heavy atom. The van der Waals surface area contributed by atoms with Crippen molar-refractivity contribution in [3.8, 4) is 0 Å². The highest BCUT2D eigenvalue weighted by Crippen LogP contribution is 2.22. The Bertz CT molecular complexity index is 196. The topological polar surface area (TPSA) is 12.9 Å². The third kappa shape index (κ3) is 3.51. The van der Waals surface area contributed by atoms with Crippen molar-refractivity contribution in [2.45, 2.75) is 33.6 Å². The number of aromatic nitrogens is 1. The predicted octanol–water partition coefficient (Wildman–Crippen LogP) is 3.12. The molecule has 0 saturated carbocycles. The Morgan fingerprint density at radius 2 is 2.18 bits per heavy atom. The summed E-state index contributed by atoms with van der Waals surface area (Å²) in [6.07, 6.45) is 4.30. The molecule has 1 rings (SSSR count). The normalized spacial score (nSPS) is 11.9. The fourth-order valence-electron chi connectivity index (χ4n) is 0.869. The maximum Gasteiger partial charge on any atom is 0.0409 e. The second-order valence-electron chi connectivity index (χ2n) is 4.04. The summed E-state index contributed by atoms with van der Waals surface area (Å²) in [5.41, 5.74) is 0.448. The van der Waals surface area contributed by atoms with Crippen molar-refractivity contribution in [3.63, 3.8) is 0 Å². The van der Waals surface area contributed by atoms with Gasteiger partial charge in [0, 0.05) is 11.1 Å². The van der Waals surface area contributed by atoms with E-state index < -0.39 is 0 Å². The summed E-state index contributed by atoms with van der Waals surface area (Å²) < 4.78 is 4.06. The van der Waals surface area contributed by atoms with Gasteiger partial charge in [0.25, 0.3) is 0 Å². The number of hydrogen-bond acceptors (Lipinski definition) is 2. The van der Waals surface area contributed by atoms with Crippen molar-refractivity contribution in [1.29, 1.82) is 0 Å². The van der Waals surface area contributed by atoms with Crippen molar-refractivity contribution in [2.24, 2.45) is 5.41 Å². The SMILES string of the molecule is CC(C)(C)CCc1ccns1. The molecule has 0 aliphatic heterocycles. The summed E-state index contributed by atoms with van der Waals surface area (Å²) in [7, 11) is 0. The highest BCUT2D eigenvalue weighted by molar-refractivity contribution is 7.05. The van der Waals surface area contributed by atoms with Crippen LogP contribution in [0.25, 0.3) is 0 Å². The van der Waals surface area contributed by atoms with Gasteiger partial charge < -0.3 is 0 Å². The molecule has 0 radical (unpaired) electrons. The van der Waals surface area contributed by atoms with Crippen LogP contribution in [-0.4, -0.2) is 4.37 Å². The summed E-state index contributed by atoms with van der Waals surface area (Å²) in [6.45, 7) is 6.82. The van der Waals surface area contributed by atoms with Gasteiger partial charge in [0.2, 0.25) is 0 Å². The van der Waals surface area contributed by atoms with Crippen molar-refractivity contribution >= 4 is 11.5 Å². The molecule has 0 saturated heterocycles. The van der Waals surface area contributed by atoms with Gasteiger partial charge in [-0.3, -0.25) is 0 Å². The number of rotatable bonds is 2. The van der Waals surface area contributed by atoms with Crippen LogP contribution in [0.5, 0.6) is 0 Å². The number of nitrogens with zero attached hydrogens (tertiary/aromatic N) is 1. The van der Waals surface area contributed by atoms with Crippen molar-refractivity contribution in [2.75, 3.05) is 0 Å². The van der Waals surface area contributed by atoms with Crippen LogP contribution in [-0.2, 0) is 6.42 Å². The molecular weight excluding hydrogens is 154 g/mol. The van der Waals surface area contributed by atoms with Crippen LogP contribution in [0.15, 0.2) is 12.3 Å². The lowest BCUT2D eigenvalue weighted by atomic mass is 9.90. The molecule has 11 heavy (non-hydrogen) atoms. The van der Waals surface area contributed by atoms with E-state index in [-0.39, 0.29) is 0 Å². The van der Waals surface area contributed by atoms with Gasteiger partial charge in [-0.25, -0.2) is 4.37 Å². The molecule has 1 nitrogen and oxygen atoms in total. The van der Waals surface area contributed by atoms with E-state index >= 15 is 0 Å². The fourth-order valence-corrected chi connectivity index (χ4v) is 1.44. The van der Waals surface area contributed by atoms with Gasteiger partial charge in [-0.1, -0.05) is 20.8 Å². The van der Waals surface area contributed by atoms with Gasteiger partial charge in [-0.05, 0) is 35.9 Å². The number of hydrogen-bond donors (Lipinski definition) is 0. The Balaban J connectivity index is 2.35.